The fourth-order valence-electron chi connectivity index (χ4n) is 2.75. The van der Waals surface area contributed by atoms with Crippen LogP contribution in [0.25, 0.3) is 0 Å². The molecule has 0 saturated carbocycles. The first-order valence-corrected chi connectivity index (χ1v) is 7.83. The molecule has 1 N–H and O–H groups in total. The highest BCUT2D eigenvalue weighted by molar-refractivity contribution is 5.94. The highest BCUT2D eigenvalue weighted by atomic mass is 16.5. The van der Waals surface area contributed by atoms with Gasteiger partial charge in [-0.1, -0.05) is 0 Å². The molecule has 1 amide bonds. The summed E-state index contributed by atoms with van der Waals surface area (Å²) in [6.45, 7) is 6.47. The molecule has 4 heteroatoms. The lowest BCUT2D eigenvalue weighted by molar-refractivity contribution is -0.000187. The average molecular weight is 290 g/mol. The van der Waals surface area contributed by atoms with E-state index in [2.05, 4.69) is 12.2 Å². The Morgan fingerprint density at radius 1 is 1.43 bits per heavy atom. The van der Waals surface area contributed by atoms with E-state index in [1.165, 1.54) is 6.42 Å². The van der Waals surface area contributed by atoms with Crippen molar-refractivity contribution in [3.8, 4) is 0 Å². The molecule has 0 radical (unpaired) electrons. The van der Waals surface area contributed by atoms with Crippen LogP contribution in [0.3, 0.4) is 0 Å². The molecule has 1 aromatic carbocycles. The second-order valence-electron chi connectivity index (χ2n) is 5.73. The Balaban J connectivity index is 1.99. The number of nitrogens with zero attached hydrogens (tertiary/aromatic N) is 1. The quantitative estimate of drug-likeness (QED) is 0.906. The number of hydrogen-bond donors (Lipinski definition) is 1. The van der Waals surface area contributed by atoms with E-state index >= 15 is 0 Å². The molecular weight excluding hydrogens is 264 g/mol. The molecule has 1 fully saturated rings. The van der Waals surface area contributed by atoms with E-state index in [0.29, 0.717) is 6.54 Å². The van der Waals surface area contributed by atoms with E-state index < -0.39 is 0 Å². The van der Waals surface area contributed by atoms with Crippen LogP contribution in [0.5, 0.6) is 0 Å². The maximum atomic E-state index is 12.5. The van der Waals surface area contributed by atoms with Gasteiger partial charge in [0.25, 0.3) is 5.91 Å². The summed E-state index contributed by atoms with van der Waals surface area (Å²) in [5.41, 5.74) is 2.93. The molecule has 1 unspecified atom stereocenters. The SMILES string of the molecule is CCNc1ccc(C(=O)N(C)CC2CCCCO2)cc1C. The van der Waals surface area contributed by atoms with Gasteiger partial charge in [-0.05, 0) is 56.9 Å². The lowest BCUT2D eigenvalue weighted by Gasteiger charge is -2.27. The largest absolute Gasteiger partial charge is 0.385 e. The predicted molar refractivity (Wildman–Crippen MR) is 85.9 cm³/mol. The zero-order chi connectivity index (χ0) is 15.2. The van der Waals surface area contributed by atoms with Crippen molar-refractivity contribution in [3.05, 3.63) is 29.3 Å². The normalized spacial score (nSPS) is 18.3. The maximum absolute atomic E-state index is 12.5. The molecule has 21 heavy (non-hydrogen) atoms. The molecular formula is C17H26N2O2. The number of anilines is 1. The second-order valence-corrected chi connectivity index (χ2v) is 5.73. The molecule has 0 aliphatic carbocycles. The molecule has 0 spiro atoms. The monoisotopic (exact) mass is 290 g/mol. The molecule has 1 aliphatic rings. The van der Waals surface area contributed by atoms with Gasteiger partial charge in [0.15, 0.2) is 0 Å². The standard InChI is InChI=1S/C17H26N2O2/c1-4-18-16-9-8-14(11-13(16)2)17(20)19(3)12-15-7-5-6-10-21-15/h8-9,11,15,18H,4-7,10,12H2,1-3H3. The van der Waals surface area contributed by atoms with Crippen molar-refractivity contribution in [2.24, 2.45) is 0 Å². The number of hydrogen-bond acceptors (Lipinski definition) is 3. The van der Waals surface area contributed by atoms with Crippen LogP contribution in [0.1, 0.15) is 42.1 Å². The minimum atomic E-state index is 0.0651. The van der Waals surface area contributed by atoms with Crippen molar-refractivity contribution in [3.63, 3.8) is 0 Å². The summed E-state index contributed by atoms with van der Waals surface area (Å²) in [4.78, 5) is 14.3. The fourth-order valence-corrected chi connectivity index (χ4v) is 2.75. The van der Waals surface area contributed by atoms with Crippen molar-refractivity contribution in [2.75, 3.05) is 32.1 Å². The van der Waals surface area contributed by atoms with Crippen LogP contribution in [0.2, 0.25) is 0 Å². The van der Waals surface area contributed by atoms with E-state index in [4.69, 9.17) is 4.74 Å². The van der Waals surface area contributed by atoms with Gasteiger partial charge in [0.1, 0.15) is 0 Å². The van der Waals surface area contributed by atoms with E-state index in [0.717, 1.165) is 42.8 Å². The molecule has 4 nitrogen and oxygen atoms in total. The highest BCUT2D eigenvalue weighted by Gasteiger charge is 2.20. The zero-order valence-electron chi connectivity index (χ0n) is 13.3. The summed E-state index contributed by atoms with van der Waals surface area (Å²) in [6, 6.07) is 5.83. The lowest BCUT2D eigenvalue weighted by atomic mass is 10.1. The summed E-state index contributed by atoms with van der Waals surface area (Å²) in [6.07, 6.45) is 3.58. The van der Waals surface area contributed by atoms with Crippen LogP contribution in [0, 0.1) is 6.92 Å². The Bertz CT molecular complexity index is 482. The van der Waals surface area contributed by atoms with E-state index in [-0.39, 0.29) is 12.0 Å². The number of ether oxygens (including phenoxy) is 1. The first kappa shape index (κ1) is 15.8. The van der Waals surface area contributed by atoms with Crippen LogP contribution in [-0.2, 0) is 4.74 Å². The zero-order valence-corrected chi connectivity index (χ0v) is 13.3. The Morgan fingerprint density at radius 3 is 2.86 bits per heavy atom. The number of aryl methyl sites for hydroxylation is 1. The summed E-state index contributed by atoms with van der Waals surface area (Å²) in [5.74, 6) is 0.0651. The number of amides is 1. The minimum Gasteiger partial charge on any atom is -0.385 e. The number of benzene rings is 1. The third kappa shape index (κ3) is 4.21. The molecule has 1 aromatic rings. The van der Waals surface area contributed by atoms with Crippen molar-refractivity contribution in [1.82, 2.24) is 4.90 Å². The first-order valence-electron chi connectivity index (χ1n) is 7.83. The van der Waals surface area contributed by atoms with Crippen LogP contribution in [0.4, 0.5) is 5.69 Å². The summed E-state index contributed by atoms with van der Waals surface area (Å²) < 4.78 is 5.71. The topological polar surface area (TPSA) is 41.6 Å². The number of rotatable bonds is 5. The van der Waals surface area contributed by atoms with Crippen molar-refractivity contribution >= 4 is 11.6 Å². The maximum Gasteiger partial charge on any atom is 0.253 e. The van der Waals surface area contributed by atoms with Gasteiger partial charge in [-0.3, -0.25) is 4.79 Å². The number of nitrogens with one attached hydrogen (secondary N) is 1. The fraction of sp³-hybridized carbons (Fsp3) is 0.588. The smallest absolute Gasteiger partial charge is 0.253 e. The molecule has 1 aliphatic heterocycles. The van der Waals surface area contributed by atoms with Crippen molar-refractivity contribution in [2.45, 2.75) is 39.2 Å². The van der Waals surface area contributed by atoms with Gasteiger partial charge in [0, 0.05) is 38.0 Å². The van der Waals surface area contributed by atoms with Gasteiger partial charge in [-0.2, -0.15) is 0 Å². The Hall–Kier alpha value is -1.55. The van der Waals surface area contributed by atoms with Crippen LogP contribution in [0.15, 0.2) is 18.2 Å². The Kier molecular flexibility index (Phi) is 5.62. The predicted octanol–water partition coefficient (Wildman–Crippen LogP) is 3.07. The second kappa shape index (κ2) is 7.46. The van der Waals surface area contributed by atoms with Gasteiger partial charge >= 0.3 is 0 Å². The molecule has 1 heterocycles. The summed E-state index contributed by atoms with van der Waals surface area (Å²) >= 11 is 0. The molecule has 2 rings (SSSR count). The van der Waals surface area contributed by atoms with E-state index in [1.54, 1.807) is 4.90 Å². The summed E-state index contributed by atoms with van der Waals surface area (Å²) in [7, 11) is 1.85. The van der Waals surface area contributed by atoms with Gasteiger partial charge in [0.2, 0.25) is 0 Å². The van der Waals surface area contributed by atoms with Crippen LogP contribution >= 0.6 is 0 Å². The number of likely N-dealkylation sites (N-methyl/N-ethyl adjacent to an activating group) is 1. The lowest BCUT2D eigenvalue weighted by Crippen LogP contribution is -2.37. The van der Waals surface area contributed by atoms with Crippen LogP contribution in [-0.4, -0.2) is 43.7 Å². The number of carbonyl (C=O) groups excluding carboxylic acids is 1. The van der Waals surface area contributed by atoms with Crippen LogP contribution < -0.4 is 5.32 Å². The van der Waals surface area contributed by atoms with Crippen molar-refractivity contribution in [1.29, 1.82) is 0 Å². The molecule has 1 saturated heterocycles. The van der Waals surface area contributed by atoms with Gasteiger partial charge in [-0.15, -0.1) is 0 Å². The Morgan fingerprint density at radius 2 is 2.24 bits per heavy atom. The Labute approximate surface area is 127 Å². The first-order chi connectivity index (χ1) is 10.1. The molecule has 0 aromatic heterocycles. The summed E-state index contributed by atoms with van der Waals surface area (Å²) in [5, 5.41) is 3.29. The third-order valence-electron chi connectivity index (χ3n) is 3.94. The van der Waals surface area contributed by atoms with E-state index in [1.807, 2.05) is 32.2 Å². The minimum absolute atomic E-state index is 0.0651. The molecule has 1 atom stereocenters. The van der Waals surface area contributed by atoms with Gasteiger partial charge < -0.3 is 15.0 Å². The highest BCUT2D eigenvalue weighted by Crippen LogP contribution is 2.18. The number of carbonyl (C=O) groups is 1. The molecule has 0 bridgehead atoms. The average Bonchev–Trinajstić information content (AvgIpc) is 2.49. The molecule has 116 valence electrons. The van der Waals surface area contributed by atoms with Crippen molar-refractivity contribution < 1.29 is 9.53 Å². The van der Waals surface area contributed by atoms with E-state index in [9.17, 15) is 4.79 Å². The third-order valence-corrected chi connectivity index (χ3v) is 3.94. The van der Waals surface area contributed by atoms with Gasteiger partial charge in [-0.25, -0.2) is 0 Å². The van der Waals surface area contributed by atoms with Gasteiger partial charge in [0.05, 0.1) is 6.10 Å².